The molecule has 182 valence electrons. The first-order chi connectivity index (χ1) is 16.9. The summed E-state index contributed by atoms with van der Waals surface area (Å²) in [7, 11) is 0. The van der Waals surface area contributed by atoms with Gasteiger partial charge in [0, 0.05) is 17.9 Å². The van der Waals surface area contributed by atoms with E-state index in [2.05, 4.69) is 31.1 Å². The Kier molecular flexibility index (Phi) is 11.6. The van der Waals surface area contributed by atoms with Gasteiger partial charge >= 0.3 is 0 Å². The number of aliphatic hydroxyl groups is 1. The van der Waals surface area contributed by atoms with E-state index >= 15 is 0 Å². The van der Waals surface area contributed by atoms with Gasteiger partial charge in [0.25, 0.3) is 0 Å². The highest BCUT2D eigenvalue weighted by Gasteiger charge is 2.10. The van der Waals surface area contributed by atoms with Gasteiger partial charge in [0.2, 0.25) is 0 Å². The highest BCUT2D eigenvalue weighted by molar-refractivity contribution is 5.71. The predicted molar refractivity (Wildman–Crippen MR) is 143 cm³/mol. The van der Waals surface area contributed by atoms with Gasteiger partial charge in [0.15, 0.2) is 0 Å². The monoisotopic (exact) mass is 470 g/mol. The highest BCUT2D eigenvalue weighted by atomic mass is 19.1. The molecule has 0 saturated heterocycles. The zero-order valence-corrected chi connectivity index (χ0v) is 20.9. The summed E-state index contributed by atoms with van der Waals surface area (Å²) in [6.07, 6.45) is 5.36. The minimum atomic E-state index is -0.133. The van der Waals surface area contributed by atoms with Gasteiger partial charge in [-0.25, -0.2) is 4.39 Å². The number of allylic oxidation sites excluding steroid dienone is 2. The lowest BCUT2D eigenvalue weighted by Crippen LogP contribution is -1.96. The van der Waals surface area contributed by atoms with E-state index in [1.54, 1.807) is 18.2 Å². The SMILES string of the molecule is C=C(CCCO)CCC(=C)c1ccc(-c2ccccc2C#N)nc1C.CCCc1cccc(F)c1. The fraction of sp³-hybridized carbons (Fsp3) is 0.290. The van der Waals surface area contributed by atoms with Crippen molar-refractivity contribution in [1.82, 2.24) is 4.98 Å². The van der Waals surface area contributed by atoms with Crippen LogP contribution in [0.15, 0.2) is 79.4 Å². The Morgan fingerprint density at radius 3 is 2.46 bits per heavy atom. The predicted octanol–water partition coefficient (Wildman–Crippen LogP) is 7.83. The molecule has 0 amide bonds. The van der Waals surface area contributed by atoms with Crippen LogP contribution in [0.2, 0.25) is 0 Å². The smallest absolute Gasteiger partial charge is 0.123 e. The van der Waals surface area contributed by atoms with Gasteiger partial charge in [-0.2, -0.15) is 5.26 Å². The van der Waals surface area contributed by atoms with Crippen LogP contribution in [0.1, 0.15) is 61.4 Å². The van der Waals surface area contributed by atoms with Gasteiger partial charge in [-0.15, -0.1) is 0 Å². The summed E-state index contributed by atoms with van der Waals surface area (Å²) in [4.78, 5) is 4.68. The molecule has 1 N–H and O–H groups in total. The topological polar surface area (TPSA) is 56.9 Å². The Hall–Kier alpha value is -3.55. The molecule has 3 aromatic rings. The van der Waals surface area contributed by atoms with Gasteiger partial charge in [0.1, 0.15) is 5.82 Å². The van der Waals surface area contributed by atoms with Crippen LogP contribution in [0, 0.1) is 24.1 Å². The Balaban J connectivity index is 0.000000360. The fourth-order valence-electron chi connectivity index (χ4n) is 3.79. The molecule has 3 rings (SSSR count). The second-order valence-electron chi connectivity index (χ2n) is 8.55. The van der Waals surface area contributed by atoms with Crippen LogP contribution < -0.4 is 0 Å². The van der Waals surface area contributed by atoms with E-state index in [4.69, 9.17) is 5.11 Å². The number of aliphatic hydroxyl groups excluding tert-OH is 1. The minimum Gasteiger partial charge on any atom is -0.396 e. The second-order valence-corrected chi connectivity index (χ2v) is 8.55. The van der Waals surface area contributed by atoms with Crippen LogP contribution in [0.3, 0.4) is 0 Å². The van der Waals surface area contributed by atoms with Crippen molar-refractivity contribution in [3.8, 4) is 17.3 Å². The molecular formula is C31H35FN2O. The van der Waals surface area contributed by atoms with Crippen LogP contribution in [-0.2, 0) is 6.42 Å². The number of halogens is 1. The van der Waals surface area contributed by atoms with E-state index in [0.29, 0.717) is 5.56 Å². The Labute approximate surface area is 209 Å². The standard InChI is InChI=1S/C22H24N2O.C9H11F/c1-16(7-6-14-25)10-11-17(2)20-12-13-22(24-18(20)3)21-9-5-4-8-19(21)15-23;1-2-4-8-5-3-6-9(10)7-8/h4-5,8-9,12-13,25H,1-2,6-7,10-11,14H2,3H3;3,5-7H,2,4H2,1H3. The highest BCUT2D eigenvalue weighted by Crippen LogP contribution is 2.27. The first-order valence-corrected chi connectivity index (χ1v) is 12.1. The molecule has 1 heterocycles. The maximum absolute atomic E-state index is 12.5. The van der Waals surface area contributed by atoms with E-state index in [1.165, 1.54) is 6.07 Å². The largest absolute Gasteiger partial charge is 0.396 e. The molecule has 0 spiro atoms. The lowest BCUT2D eigenvalue weighted by molar-refractivity contribution is 0.288. The number of pyridine rings is 1. The third kappa shape index (κ3) is 8.96. The van der Waals surface area contributed by atoms with Crippen LogP contribution in [0.5, 0.6) is 0 Å². The van der Waals surface area contributed by atoms with Crippen molar-refractivity contribution >= 4 is 5.57 Å². The first kappa shape index (κ1) is 27.7. The Morgan fingerprint density at radius 2 is 1.80 bits per heavy atom. The summed E-state index contributed by atoms with van der Waals surface area (Å²) in [6.45, 7) is 12.5. The van der Waals surface area contributed by atoms with Crippen molar-refractivity contribution in [3.63, 3.8) is 0 Å². The van der Waals surface area contributed by atoms with E-state index in [9.17, 15) is 9.65 Å². The van der Waals surface area contributed by atoms with Crippen molar-refractivity contribution in [3.05, 3.63) is 108 Å². The lowest BCUT2D eigenvalue weighted by Gasteiger charge is -2.12. The summed E-state index contributed by atoms with van der Waals surface area (Å²) in [5.74, 6) is -0.133. The van der Waals surface area contributed by atoms with Crippen LogP contribution in [0.25, 0.3) is 16.8 Å². The van der Waals surface area contributed by atoms with Crippen molar-refractivity contribution < 1.29 is 9.50 Å². The molecule has 0 aliphatic heterocycles. The molecule has 0 saturated carbocycles. The number of nitriles is 1. The van der Waals surface area contributed by atoms with E-state index < -0.39 is 0 Å². The van der Waals surface area contributed by atoms with E-state index in [0.717, 1.165) is 77.7 Å². The number of rotatable bonds is 10. The van der Waals surface area contributed by atoms with Crippen molar-refractivity contribution in [2.45, 2.75) is 52.4 Å². The normalized spacial score (nSPS) is 10.1. The van der Waals surface area contributed by atoms with Gasteiger partial charge in [-0.05, 0) is 80.0 Å². The van der Waals surface area contributed by atoms with Crippen molar-refractivity contribution in [2.75, 3.05) is 6.61 Å². The fourth-order valence-corrected chi connectivity index (χ4v) is 3.79. The molecule has 0 aliphatic carbocycles. The maximum Gasteiger partial charge on any atom is 0.123 e. The Morgan fingerprint density at radius 1 is 1.03 bits per heavy atom. The molecule has 0 fully saturated rings. The molecule has 0 bridgehead atoms. The molecule has 0 radical (unpaired) electrons. The summed E-state index contributed by atoms with van der Waals surface area (Å²) in [5.41, 5.74) is 7.50. The van der Waals surface area contributed by atoms with Crippen LogP contribution in [-0.4, -0.2) is 16.7 Å². The molecule has 1 aromatic heterocycles. The number of nitrogens with zero attached hydrogens (tertiary/aromatic N) is 2. The molecular weight excluding hydrogens is 435 g/mol. The number of benzene rings is 2. The number of aryl methyl sites for hydroxylation is 2. The van der Waals surface area contributed by atoms with Gasteiger partial charge in [0.05, 0.1) is 17.3 Å². The van der Waals surface area contributed by atoms with E-state index in [1.807, 2.05) is 43.3 Å². The summed E-state index contributed by atoms with van der Waals surface area (Å²) in [6, 6.07) is 20.4. The van der Waals surface area contributed by atoms with Crippen LogP contribution in [0.4, 0.5) is 4.39 Å². The molecule has 0 unspecified atom stereocenters. The van der Waals surface area contributed by atoms with Crippen LogP contribution >= 0.6 is 0 Å². The third-order valence-electron chi connectivity index (χ3n) is 5.69. The lowest BCUT2D eigenvalue weighted by atomic mass is 9.96. The van der Waals surface area contributed by atoms with E-state index in [-0.39, 0.29) is 12.4 Å². The quantitative estimate of drug-likeness (QED) is 0.307. The first-order valence-electron chi connectivity index (χ1n) is 12.1. The zero-order valence-electron chi connectivity index (χ0n) is 20.9. The molecule has 4 heteroatoms. The minimum absolute atomic E-state index is 0.133. The zero-order chi connectivity index (χ0) is 25.6. The summed E-state index contributed by atoms with van der Waals surface area (Å²) < 4.78 is 12.5. The average molecular weight is 471 g/mol. The van der Waals surface area contributed by atoms with Crippen molar-refractivity contribution in [2.24, 2.45) is 0 Å². The number of hydrogen-bond acceptors (Lipinski definition) is 3. The molecule has 2 aromatic carbocycles. The molecule has 35 heavy (non-hydrogen) atoms. The summed E-state index contributed by atoms with van der Waals surface area (Å²) >= 11 is 0. The van der Waals surface area contributed by atoms with Gasteiger partial charge in [-0.1, -0.05) is 68.5 Å². The second kappa shape index (κ2) is 14.7. The maximum atomic E-state index is 12.5. The third-order valence-corrected chi connectivity index (χ3v) is 5.69. The Bertz CT molecular complexity index is 1180. The molecule has 3 nitrogen and oxygen atoms in total. The average Bonchev–Trinajstić information content (AvgIpc) is 2.86. The van der Waals surface area contributed by atoms with Gasteiger partial charge in [-0.3, -0.25) is 4.98 Å². The number of aromatic nitrogens is 1. The summed E-state index contributed by atoms with van der Waals surface area (Å²) in [5, 5.41) is 18.1. The molecule has 0 atom stereocenters. The molecule has 0 aliphatic rings. The van der Waals surface area contributed by atoms with Crippen molar-refractivity contribution in [1.29, 1.82) is 5.26 Å². The number of hydrogen-bond donors (Lipinski definition) is 1. The van der Waals surface area contributed by atoms with Gasteiger partial charge < -0.3 is 5.11 Å².